The summed E-state index contributed by atoms with van der Waals surface area (Å²) in [5.74, 6) is 0.829. The first-order chi connectivity index (χ1) is 8.63. The summed E-state index contributed by atoms with van der Waals surface area (Å²) in [6, 6.07) is 0.472. The molecule has 1 N–H and O–H groups in total. The highest BCUT2D eigenvalue weighted by Crippen LogP contribution is 2.30. The molecule has 0 aromatic heterocycles. The fraction of sp³-hybridized carbons (Fsp3) is 1.00. The maximum Gasteiger partial charge on any atom is 0.0825 e. The zero-order valence-corrected chi connectivity index (χ0v) is 13.5. The van der Waals surface area contributed by atoms with E-state index in [1.165, 1.54) is 32.1 Å². The number of likely N-dealkylation sites (N-methyl/N-ethyl adjacent to an activating group) is 1. The smallest absolute Gasteiger partial charge is 0.0825 e. The molecule has 0 heterocycles. The average Bonchev–Trinajstić information content (AvgIpc) is 2.43. The van der Waals surface area contributed by atoms with E-state index in [1.807, 2.05) is 7.11 Å². The summed E-state index contributed by atoms with van der Waals surface area (Å²) in [7, 11) is 3.95. The van der Waals surface area contributed by atoms with Gasteiger partial charge < -0.3 is 10.1 Å². The van der Waals surface area contributed by atoms with Crippen LogP contribution in [0.15, 0.2) is 0 Å². The Morgan fingerprint density at radius 2 is 1.72 bits per heavy atom. The third kappa shape index (κ3) is 4.89. The van der Waals surface area contributed by atoms with Crippen molar-refractivity contribution in [3.8, 4) is 0 Å². The van der Waals surface area contributed by atoms with E-state index in [9.17, 15) is 0 Å². The van der Waals surface area contributed by atoms with Crippen LogP contribution < -0.4 is 5.32 Å². The first kappa shape index (κ1) is 17.9. The van der Waals surface area contributed by atoms with Gasteiger partial charge in [0.25, 0.3) is 0 Å². The Labute approximate surface area is 115 Å². The fourth-order valence-electron chi connectivity index (χ4n) is 3.08. The summed E-state index contributed by atoms with van der Waals surface area (Å²) in [6.07, 6.45) is 8.70. The molecule has 2 heteroatoms. The lowest BCUT2D eigenvalue weighted by Gasteiger charge is -2.40. The van der Waals surface area contributed by atoms with Crippen molar-refractivity contribution >= 4 is 0 Å². The molecule has 110 valence electrons. The first-order valence-corrected chi connectivity index (χ1v) is 7.86. The van der Waals surface area contributed by atoms with E-state index < -0.39 is 0 Å². The number of nitrogens with one attached hydrogen (secondary N) is 1. The van der Waals surface area contributed by atoms with Crippen molar-refractivity contribution in [2.75, 3.05) is 14.2 Å². The Kier molecular flexibility index (Phi) is 9.76. The maximum absolute atomic E-state index is 5.88. The largest absolute Gasteiger partial charge is 0.377 e. The molecule has 2 unspecified atom stereocenters. The third-order valence-corrected chi connectivity index (χ3v) is 4.70. The van der Waals surface area contributed by atoms with Crippen molar-refractivity contribution in [3.05, 3.63) is 0 Å². The van der Waals surface area contributed by atoms with Gasteiger partial charge in [-0.2, -0.15) is 0 Å². The van der Waals surface area contributed by atoms with Gasteiger partial charge in [0.2, 0.25) is 0 Å². The lowest BCUT2D eigenvalue weighted by atomic mass is 9.80. The van der Waals surface area contributed by atoms with E-state index in [1.54, 1.807) is 0 Å². The van der Waals surface area contributed by atoms with E-state index in [0.29, 0.717) is 6.04 Å². The van der Waals surface area contributed by atoms with E-state index in [2.05, 4.69) is 40.1 Å². The average molecular weight is 257 g/mol. The van der Waals surface area contributed by atoms with Gasteiger partial charge in [-0.25, -0.2) is 0 Å². The van der Waals surface area contributed by atoms with Crippen LogP contribution in [0.2, 0.25) is 0 Å². The van der Waals surface area contributed by atoms with Crippen LogP contribution in [0.5, 0.6) is 0 Å². The van der Waals surface area contributed by atoms with Gasteiger partial charge >= 0.3 is 0 Å². The van der Waals surface area contributed by atoms with Gasteiger partial charge in [0.05, 0.1) is 5.60 Å². The summed E-state index contributed by atoms with van der Waals surface area (Å²) >= 11 is 0. The standard InChI is InChI=1S/C16H35NO/c1-7-11-12-14(8-2)13-15(17-5)16(9-3,10-4)18-6/h14-15,17H,7-13H2,1-6H3. The van der Waals surface area contributed by atoms with Gasteiger partial charge in [-0.05, 0) is 32.2 Å². The van der Waals surface area contributed by atoms with Crippen LogP contribution in [0.25, 0.3) is 0 Å². The second-order valence-electron chi connectivity index (χ2n) is 5.47. The van der Waals surface area contributed by atoms with Gasteiger partial charge in [0.1, 0.15) is 0 Å². The number of hydrogen-bond donors (Lipinski definition) is 1. The zero-order valence-electron chi connectivity index (χ0n) is 13.5. The van der Waals surface area contributed by atoms with Crippen LogP contribution in [0.1, 0.15) is 72.6 Å². The van der Waals surface area contributed by atoms with Crippen molar-refractivity contribution in [2.24, 2.45) is 5.92 Å². The van der Waals surface area contributed by atoms with Crippen molar-refractivity contribution in [2.45, 2.75) is 84.3 Å². The molecule has 2 nitrogen and oxygen atoms in total. The molecule has 0 aliphatic heterocycles. The molecular formula is C16H35NO. The molecule has 0 fully saturated rings. The number of hydrogen-bond acceptors (Lipinski definition) is 2. The minimum absolute atomic E-state index is 0.00832. The Morgan fingerprint density at radius 1 is 1.11 bits per heavy atom. The van der Waals surface area contributed by atoms with E-state index in [-0.39, 0.29) is 5.60 Å². The number of methoxy groups -OCH3 is 1. The van der Waals surface area contributed by atoms with Gasteiger partial charge in [-0.1, -0.05) is 53.4 Å². The first-order valence-electron chi connectivity index (χ1n) is 7.86. The molecular weight excluding hydrogens is 222 g/mol. The van der Waals surface area contributed by atoms with E-state index in [0.717, 1.165) is 18.8 Å². The summed E-state index contributed by atoms with van der Waals surface area (Å²) in [4.78, 5) is 0. The van der Waals surface area contributed by atoms with Crippen molar-refractivity contribution in [3.63, 3.8) is 0 Å². The Morgan fingerprint density at radius 3 is 2.06 bits per heavy atom. The molecule has 0 aliphatic rings. The van der Waals surface area contributed by atoms with Gasteiger partial charge in [0, 0.05) is 13.2 Å². The molecule has 2 atom stereocenters. The topological polar surface area (TPSA) is 21.3 Å². The number of rotatable bonds is 11. The second-order valence-corrected chi connectivity index (χ2v) is 5.47. The van der Waals surface area contributed by atoms with Gasteiger partial charge in [-0.3, -0.25) is 0 Å². The maximum atomic E-state index is 5.88. The normalized spacial score (nSPS) is 15.7. The van der Waals surface area contributed by atoms with Crippen molar-refractivity contribution < 1.29 is 4.74 Å². The van der Waals surface area contributed by atoms with Gasteiger partial charge in [-0.15, -0.1) is 0 Å². The van der Waals surface area contributed by atoms with Crippen LogP contribution >= 0.6 is 0 Å². The highest BCUT2D eigenvalue weighted by atomic mass is 16.5. The molecule has 0 radical (unpaired) electrons. The predicted octanol–water partition coefficient (Wildman–Crippen LogP) is 4.39. The minimum atomic E-state index is 0.00832. The molecule has 0 bridgehead atoms. The van der Waals surface area contributed by atoms with Crippen molar-refractivity contribution in [1.29, 1.82) is 0 Å². The predicted molar refractivity (Wildman–Crippen MR) is 81.1 cm³/mol. The van der Waals surface area contributed by atoms with Crippen LogP contribution in [0, 0.1) is 5.92 Å². The number of unbranched alkanes of at least 4 members (excludes halogenated alkanes) is 1. The van der Waals surface area contributed by atoms with Crippen LogP contribution in [0.4, 0.5) is 0 Å². The second kappa shape index (κ2) is 9.80. The molecule has 0 aromatic carbocycles. The Bertz CT molecular complexity index is 181. The zero-order chi connectivity index (χ0) is 14.0. The summed E-state index contributed by atoms with van der Waals surface area (Å²) < 4.78 is 5.88. The highest BCUT2D eigenvalue weighted by Gasteiger charge is 2.35. The molecule has 0 saturated carbocycles. The van der Waals surface area contributed by atoms with E-state index in [4.69, 9.17) is 4.74 Å². The Hall–Kier alpha value is -0.0800. The van der Waals surface area contributed by atoms with Crippen LogP contribution in [-0.4, -0.2) is 25.8 Å². The quantitative estimate of drug-likeness (QED) is 0.593. The summed E-state index contributed by atoms with van der Waals surface area (Å²) in [5.41, 5.74) is 0.00832. The molecule has 18 heavy (non-hydrogen) atoms. The lowest BCUT2D eigenvalue weighted by Crippen LogP contribution is -2.51. The monoisotopic (exact) mass is 257 g/mol. The summed E-state index contributed by atoms with van der Waals surface area (Å²) in [6.45, 7) is 9.08. The van der Waals surface area contributed by atoms with Crippen LogP contribution in [0.3, 0.4) is 0 Å². The molecule has 0 aliphatic carbocycles. The molecule has 0 aromatic rings. The number of ether oxygens (including phenoxy) is 1. The molecule has 0 amide bonds. The van der Waals surface area contributed by atoms with Crippen molar-refractivity contribution in [1.82, 2.24) is 5.32 Å². The Balaban J connectivity index is 4.63. The SMILES string of the molecule is CCCCC(CC)CC(NC)C(CC)(CC)OC. The lowest BCUT2D eigenvalue weighted by molar-refractivity contribution is -0.0516. The van der Waals surface area contributed by atoms with E-state index >= 15 is 0 Å². The van der Waals surface area contributed by atoms with Gasteiger partial charge in [0.15, 0.2) is 0 Å². The summed E-state index contributed by atoms with van der Waals surface area (Å²) in [5, 5.41) is 3.51. The molecule has 0 saturated heterocycles. The minimum Gasteiger partial charge on any atom is -0.377 e. The molecule has 0 spiro atoms. The molecule has 0 rings (SSSR count). The van der Waals surface area contributed by atoms with Crippen LogP contribution in [-0.2, 0) is 4.74 Å². The highest BCUT2D eigenvalue weighted by molar-refractivity contribution is 4.91. The third-order valence-electron chi connectivity index (χ3n) is 4.70. The fourth-order valence-corrected chi connectivity index (χ4v) is 3.08.